The second kappa shape index (κ2) is 6.64. The Kier molecular flexibility index (Phi) is 5.15. The highest BCUT2D eigenvalue weighted by Gasteiger charge is 2.20. The minimum atomic E-state index is -0.214. The van der Waals surface area contributed by atoms with Crippen LogP contribution in [0.4, 0.5) is 4.39 Å². The molecule has 0 spiro atoms. The van der Waals surface area contributed by atoms with Gasteiger partial charge in [-0.25, -0.2) is 4.39 Å². The van der Waals surface area contributed by atoms with Crippen molar-refractivity contribution in [3.63, 3.8) is 0 Å². The summed E-state index contributed by atoms with van der Waals surface area (Å²) in [5.74, 6) is 0.273. The van der Waals surface area contributed by atoms with Gasteiger partial charge in [-0.05, 0) is 49.3 Å². The summed E-state index contributed by atoms with van der Waals surface area (Å²) in [5, 5.41) is 12.6. The summed E-state index contributed by atoms with van der Waals surface area (Å²) in [7, 11) is 0. The van der Waals surface area contributed by atoms with Crippen LogP contribution in [0.2, 0.25) is 0 Å². The molecule has 4 heteroatoms. The van der Waals surface area contributed by atoms with Gasteiger partial charge in [0.1, 0.15) is 5.82 Å². The van der Waals surface area contributed by atoms with Crippen molar-refractivity contribution in [2.75, 3.05) is 6.61 Å². The van der Waals surface area contributed by atoms with Gasteiger partial charge in [-0.2, -0.15) is 0 Å². The van der Waals surface area contributed by atoms with Crippen molar-refractivity contribution in [2.24, 2.45) is 5.92 Å². The van der Waals surface area contributed by atoms with E-state index >= 15 is 0 Å². The average Bonchev–Trinajstić information content (AvgIpc) is 2.38. The molecule has 1 aliphatic rings. The Morgan fingerprint density at radius 3 is 2.61 bits per heavy atom. The highest BCUT2D eigenvalue weighted by Crippen LogP contribution is 2.24. The van der Waals surface area contributed by atoms with E-state index in [1.807, 2.05) is 6.07 Å². The standard InChI is InChI=1S/C14H19BrFNO/c15-14-7-12(16)4-3-11(14)8-17-13-5-1-10(9-18)2-6-13/h3-4,7,10,13,17-18H,1-2,5-6,8-9H2. The Morgan fingerprint density at radius 2 is 2.00 bits per heavy atom. The zero-order valence-electron chi connectivity index (χ0n) is 10.3. The molecule has 1 aromatic carbocycles. The van der Waals surface area contributed by atoms with E-state index in [1.54, 1.807) is 0 Å². The molecular weight excluding hydrogens is 297 g/mol. The Morgan fingerprint density at radius 1 is 1.28 bits per heavy atom. The summed E-state index contributed by atoms with van der Waals surface area (Å²) >= 11 is 3.38. The van der Waals surface area contributed by atoms with Crippen molar-refractivity contribution in [1.82, 2.24) is 5.32 Å². The molecule has 0 aromatic heterocycles. The highest BCUT2D eigenvalue weighted by atomic mass is 79.9. The first kappa shape index (κ1) is 14.0. The summed E-state index contributed by atoms with van der Waals surface area (Å²) in [6.07, 6.45) is 4.42. The molecule has 2 nitrogen and oxygen atoms in total. The van der Waals surface area contributed by atoms with Crippen molar-refractivity contribution in [1.29, 1.82) is 0 Å². The monoisotopic (exact) mass is 315 g/mol. The van der Waals surface area contributed by atoms with Crippen LogP contribution in [0.3, 0.4) is 0 Å². The normalized spacial score (nSPS) is 24.2. The summed E-state index contributed by atoms with van der Waals surface area (Å²) in [5.41, 5.74) is 1.08. The van der Waals surface area contributed by atoms with Crippen LogP contribution in [0.25, 0.3) is 0 Å². The summed E-state index contributed by atoms with van der Waals surface area (Å²) in [4.78, 5) is 0. The predicted octanol–water partition coefficient (Wildman–Crippen LogP) is 3.23. The Labute approximate surface area is 116 Å². The number of hydrogen-bond donors (Lipinski definition) is 2. The van der Waals surface area contributed by atoms with E-state index in [9.17, 15) is 4.39 Å². The third-order valence-electron chi connectivity index (χ3n) is 3.70. The predicted molar refractivity (Wildman–Crippen MR) is 73.8 cm³/mol. The van der Waals surface area contributed by atoms with Crippen molar-refractivity contribution in [2.45, 2.75) is 38.3 Å². The molecule has 0 saturated heterocycles. The average molecular weight is 316 g/mol. The fourth-order valence-electron chi connectivity index (χ4n) is 2.47. The molecule has 2 rings (SSSR count). The fourth-order valence-corrected chi connectivity index (χ4v) is 2.96. The molecule has 1 saturated carbocycles. The summed E-state index contributed by atoms with van der Waals surface area (Å²) in [6, 6.07) is 5.32. The van der Waals surface area contributed by atoms with Crippen LogP contribution >= 0.6 is 15.9 Å². The molecule has 2 N–H and O–H groups in total. The zero-order valence-corrected chi connectivity index (χ0v) is 11.9. The minimum Gasteiger partial charge on any atom is -0.396 e. The van der Waals surface area contributed by atoms with E-state index in [0.29, 0.717) is 18.6 Å². The number of halogens is 2. The number of aliphatic hydroxyl groups excluding tert-OH is 1. The van der Waals surface area contributed by atoms with Gasteiger partial charge in [0.25, 0.3) is 0 Å². The van der Waals surface area contributed by atoms with E-state index in [2.05, 4.69) is 21.2 Å². The molecular formula is C14H19BrFNO. The maximum atomic E-state index is 13.0. The van der Waals surface area contributed by atoms with Gasteiger partial charge in [-0.1, -0.05) is 22.0 Å². The number of rotatable bonds is 4. The topological polar surface area (TPSA) is 32.3 Å². The van der Waals surface area contributed by atoms with Gasteiger partial charge in [0.05, 0.1) is 0 Å². The van der Waals surface area contributed by atoms with Gasteiger partial charge in [-0.15, -0.1) is 0 Å². The third kappa shape index (κ3) is 3.77. The second-order valence-electron chi connectivity index (χ2n) is 5.02. The Bertz CT molecular complexity index is 391. The van der Waals surface area contributed by atoms with E-state index < -0.39 is 0 Å². The van der Waals surface area contributed by atoms with Crippen LogP contribution in [0.1, 0.15) is 31.2 Å². The second-order valence-corrected chi connectivity index (χ2v) is 5.87. The van der Waals surface area contributed by atoms with Gasteiger partial charge in [0.2, 0.25) is 0 Å². The van der Waals surface area contributed by atoms with E-state index in [0.717, 1.165) is 42.3 Å². The lowest BCUT2D eigenvalue weighted by molar-refractivity contribution is 0.175. The van der Waals surface area contributed by atoms with Gasteiger partial charge < -0.3 is 10.4 Å². The van der Waals surface area contributed by atoms with Gasteiger partial charge >= 0.3 is 0 Å². The van der Waals surface area contributed by atoms with Crippen molar-refractivity contribution in [3.8, 4) is 0 Å². The first-order chi connectivity index (χ1) is 8.69. The SMILES string of the molecule is OCC1CCC(NCc2ccc(F)cc2Br)CC1. The van der Waals surface area contributed by atoms with Crippen molar-refractivity contribution >= 4 is 15.9 Å². The zero-order chi connectivity index (χ0) is 13.0. The smallest absolute Gasteiger partial charge is 0.124 e. The number of benzene rings is 1. The Balaban J connectivity index is 1.81. The molecule has 1 aromatic rings. The molecule has 1 fully saturated rings. The molecule has 0 unspecified atom stereocenters. The van der Waals surface area contributed by atoms with Gasteiger partial charge in [-0.3, -0.25) is 0 Å². The van der Waals surface area contributed by atoms with Gasteiger partial charge in [0.15, 0.2) is 0 Å². The molecule has 100 valence electrons. The van der Waals surface area contributed by atoms with Gasteiger partial charge in [0, 0.05) is 23.7 Å². The van der Waals surface area contributed by atoms with Crippen molar-refractivity contribution in [3.05, 3.63) is 34.1 Å². The third-order valence-corrected chi connectivity index (χ3v) is 4.44. The van der Waals surface area contributed by atoms with Crippen molar-refractivity contribution < 1.29 is 9.50 Å². The molecule has 0 heterocycles. The van der Waals surface area contributed by atoms with E-state index in [-0.39, 0.29) is 5.82 Å². The summed E-state index contributed by atoms with van der Waals surface area (Å²) in [6.45, 7) is 1.07. The maximum absolute atomic E-state index is 13.0. The lowest BCUT2D eigenvalue weighted by atomic mass is 9.86. The molecule has 0 atom stereocenters. The summed E-state index contributed by atoms with van der Waals surface area (Å²) < 4.78 is 13.8. The first-order valence-electron chi connectivity index (χ1n) is 6.47. The Hall–Kier alpha value is -0.450. The van der Waals surface area contributed by atoms with Crippen LogP contribution in [-0.2, 0) is 6.54 Å². The van der Waals surface area contributed by atoms with Crippen LogP contribution in [-0.4, -0.2) is 17.8 Å². The molecule has 0 radical (unpaired) electrons. The largest absolute Gasteiger partial charge is 0.396 e. The molecule has 0 bridgehead atoms. The molecule has 0 aliphatic heterocycles. The number of hydrogen-bond acceptors (Lipinski definition) is 2. The molecule has 1 aliphatic carbocycles. The lowest BCUT2D eigenvalue weighted by Crippen LogP contribution is -2.33. The minimum absolute atomic E-state index is 0.214. The number of nitrogens with one attached hydrogen (secondary N) is 1. The molecule has 18 heavy (non-hydrogen) atoms. The molecule has 0 amide bonds. The van der Waals surface area contributed by atoms with E-state index in [1.165, 1.54) is 12.1 Å². The van der Waals surface area contributed by atoms with Crippen LogP contribution in [0, 0.1) is 11.7 Å². The van der Waals surface area contributed by atoms with E-state index in [4.69, 9.17) is 5.11 Å². The lowest BCUT2D eigenvalue weighted by Gasteiger charge is -2.28. The van der Waals surface area contributed by atoms with Crippen LogP contribution < -0.4 is 5.32 Å². The first-order valence-corrected chi connectivity index (χ1v) is 7.26. The number of aliphatic hydroxyl groups is 1. The van der Waals surface area contributed by atoms with Crippen LogP contribution in [0.15, 0.2) is 22.7 Å². The highest BCUT2D eigenvalue weighted by molar-refractivity contribution is 9.10. The maximum Gasteiger partial charge on any atom is 0.124 e. The quantitative estimate of drug-likeness (QED) is 0.894. The van der Waals surface area contributed by atoms with Crippen LogP contribution in [0.5, 0.6) is 0 Å². The fraction of sp³-hybridized carbons (Fsp3) is 0.571.